The number of hydrogen-bond acceptors (Lipinski definition) is 5. The third-order valence-corrected chi connectivity index (χ3v) is 5.85. The Labute approximate surface area is 186 Å². The maximum atomic E-state index is 5.49. The maximum Gasteiger partial charge on any atom is 0.133 e. The molecule has 4 rings (SSSR count). The van der Waals surface area contributed by atoms with Gasteiger partial charge in [0.05, 0.1) is 12.8 Å². The summed E-state index contributed by atoms with van der Waals surface area (Å²) in [6, 6.07) is 10.2. The van der Waals surface area contributed by atoms with Crippen LogP contribution in [0.2, 0.25) is 0 Å². The topological polar surface area (TPSA) is 51.1 Å². The van der Waals surface area contributed by atoms with Crippen LogP contribution >= 0.6 is 15.9 Å². The summed E-state index contributed by atoms with van der Waals surface area (Å²) in [5.74, 6) is 1.75. The lowest BCUT2D eigenvalue weighted by atomic mass is 9.95. The molecule has 0 aliphatic carbocycles. The first-order valence-electron chi connectivity index (χ1n) is 10.2. The van der Waals surface area contributed by atoms with Crippen molar-refractivity contribution in [3.8, 4) is 17.0 Å². The van der Waals surface area contributed by atoms with Gasteiger partial charge >= 0.3 is 0 Å². The van der Waals surface area contributed by atoms with Crippen LogP contribution in [-0.2, 0) is 24.9 Å². The van der Waals surface area contributed by atoms with E-state index in [4.69, 9.17) is 14.7 Å². The van der Waals surface area contributed by atoms with E-state index in [-0.39, 0.29) is 5.41 Å². The zero-order chi connectivity index (χ0) is 21.3. The molecule has 30 heavy (non-hydrogen) atoms. The molecule has 3 heterocycles. The molecule has 2 aromatic heterocycles. The van der Waals surface area contributed by atoms with E-state index >= 15 is 0 Å². The molecule has 0 fully saturated rings. The van der Waals surface area contributed by atoms with Gasteiger partial charge in [-0.2, -0.15) is 0 Å². The van der Waals surface area contributed by atoms with E-state index < -0.39 is 0 Å². The van der Waals surface area contributed by atoms with Crippen LogP contribution in [0.1, 0.15) is 43.4 Å². The predicted octanol–water partition coefficient (Wildman–Crippen LogP) is 5.17. The summed E-state index contributed by atoms with van der Waals surface area (Å²) in [7, 11) is 1.68. The zero-order valence-electron chi connectivity index (χ0n) is 17.9. The number of aromatic nitrogens is 3. The van der Waals surface area contributed by atoms with Gasteiger partial charge in [0, 0.05) is 65.2 Å². The van der Waals surface area contributed by atoms with Gasteiger partial charge in [0.15, 0.2) is 0 Å². The number of nitrogens with zero attached hydrogens (tertiary/aromatic N) is 4. The Hall–Kier alpha value is -2.31. The molecule has 3 aromatic rings. The lowest BCUT2D eigenvalue weighted by molar-refractivity contribution is 0.242. The highest BCUT2D eigenvalue weighted by Crippen LogP contribution is 2.31. The van der Waals surface area contributed by atoms with E-state index in [0.29, 0.717) is 0 Å². The summed E-state index contributed by atoms with van der Waals surface area (Å²) < 4.78 is 6.50. The SMILES string of the molecule is COc1ccc(Br)cc1-c1ccc(CN2CCc3nc(C(C)(C)C)ncc3C2)cn1. The van der Waals surface area contributed by atoms with Crippen molar-refractivity contribution in [2.45, 2.75) is 45.7 Å². The summed E-state index contributed by atoms with van der Waals surface area (Å²) in [5, 5.41) is 0. The van der Waals surface area contributed by atoms with Gasteiger partial charge in [0.2, 0.25) is 0 Å². The van der Waals surface area contributed by atoms with Crippen LogP contribution < -0.4 is 4.74 Å². The average Bonchev–Trinajstić information content (AvgIpc) is 2.73. The average molecular weight is 467 g/mol. The molecule has 0 spiro atoms. The van der Waals surface area contributed by atoms with Gasteiger partial charge in [-0.3, -0.25) is 9.88 Å². The van der Waals surface area contributed by atoms with E-state index in [9.17, 15) is 0 Å². The number of methoxy groups -OCH3 is 1. The number of ether oxygens (including phenoxy) is 1. The Morgan fingerprint density at radius 2 is 1.93 bits per heavy atom. The standard InChI is InChI=1S/C24H27BrN4O/c1-24(2,3)23-27-13-17-15-29(10-9-20(17)28-23)14-16-5-7-21(26-12-16)19-11-18(25)6-8-22(19)30-4/h5-8,11-13H,9-10,14-15H2,1-4H3. The minimum atomic E-state index is -0.0173. The molecule has 0 bridgehead atoms. The fourth-order valence-corrected chi connectivity index (χ4v) is 4.05. The summed E-state index contributed by atoms with van der Waals surface area (Å²) in [6.07, 6.45) is 4.93. The van der Waals surface area contributed by atoms with E-state index in [0.717, 1.165) is 53.4 Å². The summed E-state index contributed by atoms with van der Waals surface area (Å²) >= 11 is 3.53. The summed E-state index contributed by atoms with van der Waals surface area (Å²) in [6.45, 7) is 9.21. The monoisotopic (exact) mass is 466 g/mol. The van der Waals surface area contributed by atoms with Crippen LogP contribution in [0.15, 0.2) is 47.2 Å². The molecule has 0 radical (unpaired) electrons. The quantitative estimate of drug-likeness (QED) is 0.530. The van der Waals surface area contributed by atoms with Crippen molar-refractivity contribution in [2.75, 3.05) is 13.7 Å². The highest BCUT2D eigenvalue weighted by Gasteiger charge is 2.23. The summed E-state index contributed by atoms with van der Waals surface area (Å²) in [4.78, 5) is 16.6. The molecule has 156 valence electrons. The Morgan fingerprint density at radius 1 is 1.10 bits per heavy atom. The zero-order valence-corrected chi connectivity index (χ0v) is 19.5. The van der Waals surface area contributed by atoms with Crippen LogP contribution in [-0.4, -0.2) is 33.5 Å². The van der Waals surface area contributed by atoms with Crippen LogP contribution in [0, 0.1) is 0 Å². The Morgan fingerprint density at radius 3 is 2.63 bits per heavy atom. The molecule has 0 unspecified atom stereocenters. The second kappa shape index (κ2) is 8.44. The first-order valence-corrected chi connectivity index (χ1v) is 11.0. The number of fused-ring (bicyclic) bond motifs is 1. The number of benzene rings is 1. The molecule has 1 aliphatic rings. The first-order chi connectivity index (χ1) is 14.3. The first kappa shape index (κ1) is 20.9. The lowest BCUT2D eigenvalue weighted by Gasteiger charge is -2.29. The van der Waals surface area contributed by atoms with Gasteiger partial charge in [0.1, 0.15) is 11.6 Å². The third kappa shape index (κ3) is 4.55. The number of pyridine rings is 1. The van der Waals surface area contributed by atoms with E-state index in [1.54, 1.807) is 7.11 Å². The van der Waals surface area contributed by atoms with Crippen molar-refractivity contribution in [3.63, 3.8) is 0 Å². The Balaban J connectivity index is 1.47. The van der Waals surface area contributed by atoms with Crippen LogP contribution in [0.4, 0.5) is 0 Å². The Kier molecular flexibility index (Phi) is 5.89. The molecule has 1 aliphatic heterocycles. The molecule has 0 N–H and O–H groups in total. The van der Waals surface area contributed by atoms with Gasteiger partial charge in [-0.1, -0.05) is 42.8 Å². The van der Waals surface area contributed by atoms with E-state index in [1.807, 2.05) is 30.6 Å². The highest BCUT2D eigenvalue weighted by molar-refractivity contribution is 9.10. The van der Waals surface area contributed by atoms with Gasteiger partial charge in [-0.15, -0.1) is 0 Å². The molecule has 5 nitrogen and oxygen atoms in total. The van der Waals surface area contributed by atoms with Gasteiger partial charge in [0.25, 0.3) is 0 Å². The minimum Gasteiger partial charge on any atom is -0.496 e. The van der Waals surface area contributed by atoms with Crippen molar-refractivity contribution in [1.82, 2.24) is 19.9 Å². The number of halogens is 1. The third-order valence-electron chi connectivity index (χ3n) is 5.35. The fraction of sp³-hybridized carbons (Fsp3) is 0.375. The van der Waals surface area contributed by atoms with Crippen molar-refractivity contribution in [3.05, 3.63) is 69.8 Å². The minimum absolute atomic E-state index is 0.0173. The molecule has 1 aromatic carbocycles. The predicted molar refractivity (Wildman–Crippen MR) is 122 cm³/mol. The van der Waals surface area contributed by atoms with Crippen molar-refractivity contribution < 1.29 is 4.74 Å². The van der Waals surface area contributed by atoms with Crippen LogP contribution in [0.5, 0.6) is 5.75 Å². The fourth-order valence-electron chi connectivity index (χ4n) is 3.69. The second-order valence-corrected chi connectivity index (χ2v) is 9.69. The van der Waals surface area contributed by atoms with E-state index in [2.05, 4.69) is 58.7 Å². The van der Waals surface area contributed by atoms with Crippen molar-refractivity contribution in [2.24, 2.45) is 0 Å². The molecular formula is C24H27BrN4O. The highest BCUT2D eigenvalue weighted by atomic mass is 79.9. The van der Waals surface area contributed by atoms with Crippen LogP contribution in [0.25, 0.3) is 11.3 Å². The molecule has 0 atom stereocenters. The Bertz CT molecular complexity index is 1040. The van der Waals surface area contributed by atoms with Crippen molar-refractivity contribution in [1.29, 1.82) is 0 Å². The largest absolute Gasteiger partial charge is 0.496 e. The van der Waals surface area contributed by atoms with Gasteiger partial charge < -0.3 is 4.74 Å². The van der Waals surface area contributed by atoms with E-state index in [1.165, 1.54) is 16.8 Å². The molecule has 6 heteroatoms. The summed E-state index contributed by atoms with van der Waals surface area (Å²) in [5.41, 5.74) is 5.50. The van der Waals surface area contributed by atoms with Crippen LogP contribution in [0.3, 0.4) is 0 Å². The molecule has 0 saturated carbocycles. The maximum absolute atomic E-state index is 5.49. The molecular weight excluding hydrogens is 440 g/mol. The number of hydrogen-bond donors (Lipinski definition) is 0. The van der Waals surface area contributed by atoms with Gasteiger partial charge in [-0.05, 0) is 29.8 Å². The second-order valence-electron chi connectivity index (χ2n) is 8.77. The molecule has 0 saturated heterocycles. The van der Waals surface area contributed by atoms with Gasteiger partial charge in [-0.25, -0.2) is 9.97 Å². The number of rotatable bonds is 4. The smallest absolute Gasteiger partial charge is 0.133 e. The lowest BCUT2D eigenvalue weighted by Crippen LogP contribution is -2.32. The molecule has 0 amide bonds. The normalized spacial score (nSPS) is 14.4. The van der Waals surface area contributed by atoms with Crippen molar-refractivity contribution >= 4 is 15.9 Å².